The van der Waals surface area contributed by atoms with Crippen LogP contribution < -0.4 is 10.6 Å². The average molecular weight is 366 g/mol. The Hall–Kier alpha value is -1.63. The SMILES string of the molecule is CC(C)(C)NC(=O)NC(=O)COC(=O)CC12C[C@@H]3C[C@@H](CC(O)(C3)C1)C2. The van der Waals surface area contributed by atoms with E-state index in [0.717, 1.165) is 32.1 Å². The van der Waals surface area contributed by atoms with Crippen LogP contribution in [0.25, 0.3) is 0 Å². The summed E-state index contributed by atoms with van der Waals surface area (Å²) in [4.78, 5) is 35.7. The molecule has 4 aliphatic carbocycles. The van der Waals surface area contributed by atoms with Gasteiger partial charge in [0.15, 0.2) is 6.61 Å². The van der Waals surface area contributed by atoms with Crippen LogP contribution in [0.1, 0.15) is 65.7 Å². The Labute approximate surface area is 154 Å². The lowest BCUT2D eigenvalue weighted by Gasteiger charge is -2.60. The van der Waals surface area contributed by atoms with Crippen molar-refractivity contribution in [3.63, 3.8) is 0 Å². The van der Waals surface area contributed by atoms with Crippen molar-refractivity contribution in [2.75, 3.05) is 6.61 Å². The van der Waals surface area contributed by atoms with Crippen LogP contribution in [0, 0.1) is 17.3 Å². The second-order valence-corrected chi connectivity index (χ2v) is 9.78. The van der Waals surface area contributed by atoms with Crippen molar-refractivity contribution >= 4 is 17.9 Å². The highest BCUT2D eigenvalue weighted by atomic mass is 16.5. The number of nitrogens with one attached hydrogen (secondary N) is 2. The minimum atomic E-state index is -0.649. The Kier molecular flexibility index (Phi) is 4.80. The van der Waals surface area contributed by atoms with Gasteiger partial charge in [-0.15, -0.1) is 0 Å². The average Bonchev–Trinajstić information content (AvgIpc) is 2.39. The number of urea groups is 1. The van der Waals surface area contributed by atoms with Crippen molar-refractivity contribution in [1.29, 1.82) is 0 Å². The molecule has 4 atom stereocenters. The molecule has 0 radical (unpaired) electrons. The topological polar surface area (TPSA) is 105 Å². The second kappa shape index (κ2) is 6.51. The van der Waals surface area contributed by atoms with E-state index >= 15 is 0 Å². The van der Waals surface area contributed by atoms with Gasteiger partial charge in [0.2, 0.25) is 0 Å². The Balaban J connectivity index is 1.46. The molecule has 4 aliphatic rings. The van der Waals surface area contributed by atoms with Crippen molar-refractivity contribution in [2.24, 2.45) is 17.3 Å². The maximum absolute atomic E-state index is 12.3. The molecule has 0 aromatic carbocycles. The van der Waals surface area contributed by atoms with Crippen LogP contribution in [-0.4, -0.2) is 40.8 Å². The molecule has 26 heavy (non-hydrogen) atoms. The van der Waals surface area contributed by atoms with Gasteiger partial charge < -0.3 is 15.2 Å². The van der Waals surface area contributed by atoms with Gasteiger partial charge in [0, 0.05) is 5.54 Å². The van der Waals surface area contributed by atoms with Gasteiger partial charge in [-0.05, 0) is 76.5 Å². The Morgan fingerprint density at radius 3 is 2.27 bits per heavy atom. The number of ether oxygens (including phenoxy) is 1. The smallest absolute Gasteiger partial charge is 0.321 e. The van der Waals surface area contributed by atoms with E-state index in [4.69, 9.17) is 4.74 Å². The summed E-state index contributed by atoms with van der Waals surface area (Å²) in [5, 5.41) is 15.5. The quantitative estimate of drug-likeness (QED) is 0.659. The van der Waals surface area contributed by atoms with Crippen LogP contribution in [0.15, 0.2) is 0 Å². The van der Waals surface area contributed by atoms with E-state index < -0.39 is 35.7 Å². The Morgan fingerprint density at radius 2 is 1.73 bits per heavy atom. The molecule has 0 heterocycles. The van der Waals surface area contributed by atoms with Gasteiger partial charge in [0.05, 0.1) is 12.0 Å². The van der Waals surface area contributed by atoms with Crippen LogP contribution in [-0.2, 0) is 14.3 Å². The third-order valence-electron chi connectivity index (χ3n) is 5.78. The monoisotopic (exact) mass is 366 g/mol. The first-order valence-corrected chi connectivity index (χ1v) is 9.46. The van der Waals surface area contributed by atoms with Crippen LogP contribution in [0.2, 0.25) is 0 Å². The molecule has 2 unspecified atom stereocenters. The number of carbonyl (C=O) groups excluding carboxylic acids is 3. The summed E-state index contributed by atoms with van der Waals surface area (Å²) in [6.07, 6.45) is 5.68. The first kappa shape index (κ1) is 19.1. The van der Waals surface area contributed by atoms with Gasteiger partial charge in [0.1, 0.15) is 0 Å². The summed E-state index contributed by atoms with van der Waals surface area (Å²) in [6, 6.07) is -0.609. The van der Waals surface area contributed by atoms with Crippen molar-refractivity contribution < 1.29 is 24.2 Å². The number of hydrogen-bond donors (Lipinski definition) is 3. The number of carbonyl (C=O) groups is 3. The summed E-state index contributed by atoms with van der Waals surface area (Å²) >= 11 is 0. The number of imide groups is 1. The van der Waals surface area contributed by atoms with Gasteiger partial charge in [-0.3, -0.25) is 14.9 Å². The molecule has 0 aromatic heterocycles. The molecule has 0 aliphatic heterocycles. The molecule has 4 rings (SSSR count). The van der Waals surface area contributed by atoms with Crippen molar-refractivity contribution in [2.45, 2.75) is 76.9 Å². The normalized spacial score (nSPS) is 35.1. The molecular weight excluding hydrogens is 336 g/mol. The van der Waals surface area contributed by atoms with Crippen LogP contribution in [0.5, 0.6) is 0 Å². The van der Waals surface area contributed by atoms with Crippen molar-refractivity contribution in [3.8, 4) is 0 Å². The summed E-state index contributed by atoms with van der Waals surface area (Å²) < 4.78 is 5.09. The number of amides is 3. The predicted molar refractivity (Wildman–Crippen MR) is 94.1 cm³/mol. The molecule has 7 heteroatoms. The maximum Gasteiger partial charge on any atom is 0.321 e. The molecule has 3 amide bonds. The predicted octanol–water partition coefficient (Wildman–Crippen LogP) is 1.88. The van der Waals surface area contributed by atoms with Crippen LogP contribution in [0.4, 0.5) is 4.79 Å². The van der Waals surface area contributed by atoms with Gasteiger partial charge in [-0.25, -0.2) is 4.79 Å². The van der Waals surface area contributed by atoms with E-state index in [9.17, 15) is 19.5 Å². The minimum Gasteiger partial charge on any atom is -0.456 e. The van der Waals surface area contributed by atoms with E-state index in [1.54, 1.807) is 20.8 Å². The highest BCUT2D eigenvalue weighted by Crippen LogP contribution is 2.62. The third kappa shape index (κ3) is 4.55. The number of rotatable bonds is 4. The third-order valence-corrected chi connectivity index (χ3v) is 5.78. The zero-order valence-electron chi connectivity index (χ0n) is 15.9. The van der Waals surface area contributed by atoms with Crippen LogP contribution in [0.3, 0.4) is 0 Å². The van der Waals surface area contributed by atoms with E-state index in [2.05, 4.69) is 10.6 Å². The molecule has 4 bridgehead atoms. The standard InChI is InChI=1S/C19H30N2O5/c1-17(2,3)21-16(24)20-14(22)10-26-15(23)9-18-5-12-4-13(6-18)8-19(25,7-12)11-18/h12-13,25H,4-11H2,1-3H3,(H2,20,21,22,24)/t12-,13+,18?,19?. The highest BCUT2D eigenvalue weighted by Gasteiger charge is 2.57. The molecule has 0 spiro atoms. The lowest BCUT2D eigenvalue weighted by atomic mass is 9.47. The van der Waals surface area contributed by atoms with Crippen LogP contribution >= 0.6 is 0 Å². The van der Waals surface area contributed by atoms with E-state index in [-0.39, 0.29) is 11.8 Å². The summed E-state index contributed by atoms with van der Waals surface area (Å²) in [7, 11) is 0. The van der Waals surface area contributed by atoms with Gasteiger partial charge in [0.25, 0.3) is 5.91 Å². The van der Waals surface area contributed by atoms with Crippen molar-refractivity contribution in [1.82, 2.24) is 10.6 Å². The highest BCUT2D eigenvalue weighted by molar-refractivity contribution is 5.95. The molecule has 4 saturated carbocycles. The molecule has 4 fully saturated rings. The number of esters is 1. The lowest BCUT2D eigenvalue weighted by Crippen LogP contribution is -2.56. The van der Waals surface area contributed by atoms with Gasteiger partial charge in [-0.2, -0.15) is 0 Å². The Bertz CT molecular complexity index is 596. The molecule has 3 N–H and O–H groups in total. The molecule has 146 valence electrons. The van der Waals surface area contributed by atoms with E-state index in [1.165, 1.54) is 0 Å². The maximum atomic E-state index is 12.3. The lowest BCUT2D eigenvalue weighted by molar-refractivity contribution is -0.177. The first-order valence-electron chi connectivity index (χ1n) is 9.46. The fraction of sp³-hybridized carbons (Fsp3) is 0.842. The zero-order valence-corrected chi connectivity index (χ0v) is 15.9. The number of aliphatic hydroxyl groups is 1. The largest absolute Gasteiger partial charge is 0.456 e. The second-order valence-electron chi connectivity index (χ2n) is 9.78. The minimum absolute atomic E-state index is 0.185. The van der Waals surface area contributed by atoms with E-state index in [0.29, 0.717) is 18.3 Å². The fourth-order valence-corrected chi connectivity index (χ4v) is 5.65. The fourth-order valence-electron chi connectivity index (χ4n) is 5.65. The summed E-state index contributed by atoms with van der Waals surface area (Å²) in [6.45, 7) is 4.94. The molecule has 0 saturated heterocycles. The van der Waals surface area contributed by atoms with Gasteiger partial charge in [-0.1, -0.05) is 0 Å². The van der Waals surface area contributed by atoms with E-state index in [1.807, 2.05) is 0 Å². The number of hydrogen-bond acceptors (Lipinski definition) is 5. The summed E-state index contributed by atoms with van der Waals surface area (Å²) in [5.41, 5.74) is -1.26. The molecule has 0 aromatic rings. The summed E-state index contributed by atoms with van der Waals surface area (Å²) in [5.74, 6) is -0.0805. The zero-order chi connectivity index (χ0) is 19.2. The van der Waals surface area contributed by atoms with Gasteiger partial charge >= 0.3 is 12.0 Å². The molecular formula is C19H30N2O5. The van der Waals surface area contributed by atoms with Crippen molar-refractivity contribution in [3.05, 3.63) is 0 Å². The Morgan fingerprint density at radius 1 is 1.12 bits per heavy atom. The molecule has 7 nitrogen and oxygen atoms in total. The first-order chi connectivity index (χ1) is 12.0.